The van der Waals surface area contributed by atoms with Gasteiger partial charge in [-0.2, -0.15) is 4.98 Å². The van der Waals surface area contributed by atoms with Crippen molar-refractivity contribution >= 4 is 23.2 Å². The third-order valence-electron chi connectivity index (χ3n) is 4.64. The van der Waals surface area contributed by atoms with Gasteiger partial charge >= 0.3 is 5.69 Å². The van der Waals surface area contributed by atoms with Crippen molar-refractivity contribution in [1.82, 2.24) is 25.1 Å². The molecule has 152 valence electrons. The summed E-state index contributed by atoms with van der Waals surface area (Å²) in [5, 5.41) is 4.01. The molecule has 0 unspecified atom stereocenters. The van der Waals surface area contributed by atoms with Crippen LogP contribution < -0.4 is 10.4 Å². The highest BCUT2D eigenvalue weighted by Gasteiger charge is 2.08. The maximum absolute atomic E-state index is 11.4. The molecule has 2 N–H and O–H groups in total. The van der Waals surface area contributed by atoms with E-state index in [2.05, 4.69) is 25.1 Å². The number of benzene rings is 2. The van der Waals surface area contributed by atoms with Crippen molar-refractivity contribution in [2.75, 3.05) is 0 Å². The largest absolute Gasteiger partial charge is 0.489 e. The van der Waals surface area contributed by atoms with Gasteiger partial charge in [0.1, 0.15) is 12.4 Å². The van der Waals surface area contributed by atoms with Crippen molar-refractivity contribution in [3.8, 4) is 17.1 Å². The molecule has 2 aromatic carbocycles. The van der Waals surface area contributed by atoms with Gasteiger partial charge in [-0.25, -0.2) is 4.79 Å². The molecule has 0 aliphatic heterocycles. The van der Waals surface area contributed by atoms with Crippen molar-refractivity contribution in [3.63, 3.8) is 0 Å². The number of H-pyrrole nitrogens is 2. The van der Waals surface area contributed by atoms with Crippen LogP contribution in [0.2, 0.25) is 0 Å². The summed E-state index contributed by atoms with van der Waals surface area (Å²) in [5.74, 6) is 1.61. The Hall–Kier alpha value is -4.46. The Kier molecular flexibility index (Phi) is 4.86. The lowest BCUT2D eigenvalue weighted by Gasteiger charge is -2.05. The van der Waals surface area contributed by atoms with Crippen molar-refractivity contribution in [1.29, 1.82) is 0 Å². The number of pyridine rings is 1. The van der Waals surface area contributed by atoms with Gasteiger partial charge in [-0.3, -0.25) is 4.98 Å². The van der Waals surface area contributed by atoms with Gasteiger partial charge in [-0.1, -0.05) is 23.4 Å². The molecule has 0 fully saturated rings. The van der Waals surface area contributed by atoms with E-state index in [1.165, 1.54) is 0 Å². The summed E-state index contributed by atoms with van der Waals surface area (Å²) < 4.78 is 11.1. The summed E-state index contributed by atoms with van der Waals surface area (Å²) in [6.07, 6.45) is 7.15. The minimum Gasteiger partial charge on any atom is -0.489 e. The smallest absolute Gasteiger partial charge is 0.323 e. The van der Waals surface area contributed by atoms with Crippen LogP contribution in [-0.2, 0) is 6.61 Å². The van der Waals surface area contributed by atoms with E-state index in [0.29, 0.717) is 23.8 Å². The van der Waals surface area contributed by atoms with Crippen LogP contribution in [0.1, 0.15) is 17.0 Å². The van der Waals surface area contributed by atoms with E-state index in [1.54, 1.807) is 30.6 Å². The number of aromatic nitrogens is 5. The van der Waals surface area contributed by atoms with Gasteiger partial charge in [0.25, 0.3) is 5.89 Å². The van der Waals surface area contributed by atoms with E-state index >= 15 is 0 Å². The molecule has 3 heterocycles. The molecular weight excluding hydrogens is 394 g/mol. The summed E-state index contributed by atoms with van der Waals surface area (Å²) in [5.41, 5.74) is 3.90. The Morgan fingerprint density at radius 2 is 1.87 bits per heavy atom. The molecule has 0 saturated carbocycles. The minimum absolute atomic E-state index is 0.252. The predicted octanol–water partition coefficient (Wildman–Crippen LogP) is 4.05. The van der Waals surface area contributed by atoms with Gasteiger partial charge in [-0.05, 0) is 48.0 Å². The zero-order chi connectivity index (χ0) is 21.0. The Balaban J connectivity index is 1.25. The normalized spacial score (nSPS) is 11.4. The second-order valence-electron chi connectivity index (χ2n) is 6.85. The highest BCUT2D eigenvalue weighted by Crippen LogP contribution is 2.21. The molecule has 0 saturated heterocycles. The van der Waals surface area contributed by atoms with Crippen LogP contribution in [-0.4, -0.2) is 25.1 Å². The van der Waals surface area contributed by atoms with Crippen LogP contribution in [0.5, 0.6) is 5.75 Å². The first kappa shape index (κ1) is 18.6. The first-order chi connectivity index (χ1) is 15.2. The van der Waals surface area contributed by atoms with Crippen LogP contribution in [0.4, 0.5) is 0 Å². The molecule has 0 bridgehead atoms. The molecule has 0 radical (unpaired) electrons. The van der Waals surface area contributed by atoms with Gasteiger partial charge in [0, 0.05) is 29.6 Å². The average molecular weight is 411 g/mol. The van der Waals surface area contributed by atoms with Crippen LogP contribution in [0.25, 0.3) is 34.6 Å². The van der Waals surface area contributed by atoms with Gasteiger partial charge < -0.3 is 19.2 Å². The first-order valence-electron chi connectivity index (χ1n) is 9.59. The van der Waals surface area contributed by atoms with Crippen LogP contribution in [0.15, 0.2) is 76.3 Å². The quantitative estimate of drug-likeness (QED) is 0.436. The molecule has 31 heavy (non-hydrogen) atoms. The molecule has 8 nitrogen and oxygen atoms in total. The number of fused-ring (bicyclic) bond motifs is 1. The van der Waals surface area contributed by atoms with E-state index in [-0.39, 0.29) is 5.69 Å². The number of aromatic amines is 2. The molecule has 0 spiro atoms. The minimum atomic E-state index is -0.252. The fourth-order valence-corrected chi connectivity index (χ4v) is 3.08. The summed E-state index contributed by atoms with van der Waals surface area (Å²) in [7, 11) is 0. The number of nitrogens with one attached hydrogen (secondary N) is 2. The molecular formula is C23H17N5O3. The summed E-state index contributed by atoms with van der Waals surface area (Å²) in [4.78, 5) is 25.3. The second-order valence-corrected chi connectivity index (χ2v) is 6.85. The van der Waals surface area contributed by atoms with Gasteiger partial charge in [0.2, 0.25) is 5.82 Å². The number of imidazole rings is 1. The number of ether oxygens (including phenoxy) is 1. The van der Waals surface area contributed by atoms with E-state index in [0.717, 1.165) is 28.0 Å². The fourth-order valence-electron chi connectivity index (χ4n) is 3.08. The molecule has 0 amide bonds. The first-order valence-corrected chi connectivity index (χ1v) is 9.59. The van der Waals surface area contributed by atoms with Crippen molar-refractivity contribution in [2.45, 2.75) is 6.61 Å². The lowest BCUT2D eigenvalue weighted by Crippen LogP contribution is -1.99. The monoisotopic (exact) mass is 411 g/mol. The van der Waals surface area contributed by atoms with Crippen LogP contribution in [0, 0.1) is 0 Å². The topological polar surface area (TPSA) is 110 Å². The van der Waals surface area contributed by atoms with Crippen molar-refractivity contribution < 1.29 is 9.26 Å². The summed E-state index contributed by atoms with van der Waals surface area (Å²) in [6, 6.07) is 17.0. The third-order valence-corrected chi connectivity index (χ3v) is 4.64. The SMILES string of the molecule is O=c1[nH]c2ccc(-c3noc(/C=C/c4ccc(OCc5cccnc5)cc4)n3)cc2[nH]1. The van der Waals surface area contributed by atoms with E-state index in [1.807, 2.05) is 48.5 Å². The van der Waals surface area contributed by atoms with Crippen molar-refractivity contribution in [3.05, 3.63) is 94.5 Å². The number of hydrogen-bond donors (Lipinski definition) is 2. The zero-order valence-electron chi connectivity index (χ0n) is 16.3. The highest BCUT2D eigenvalue weighted by atomic mass is 16.5. The Morgan fingerprint density at radius 1 is 1.00 bits per heavy atom. The lowest BCUT2D eigenvalue weighted by atomic mass is 10.2. The number of hydrogen-bond acceptors (Lipinski definition) is 6. The maximum atomic E-state index is 11.4. The van der Waals surface area contributed by atoms with Crippen molar-refractivity contribution in [2.24, 2.45) is 0 Å². The maximum Gasteiger partial charge on any atom is 0.323 e. The lowest BCUT2D eigenvalue weighted by molar-refractivity contribution is 0.306. The molecule has 0 atom stereocenters. The molecule has 0 aliphatic rings. The second kappa shape index (κ2) is 8.11. The van der Waals surface area contributed by atoms with Crippen LogP contribution in [0.3, 0.4) is 0 Å². The van der Waals surface area contributed by atoms with Gasteiger partial charge in [-0.15, -0.1) is 0 Å². The third kappa shape index (κ3) is 4.27. The molecule has 5 aromatic rings. The standard InChI is InChI=1S/C23H17N5O3/c29-23-25-19-9-6-17(12-20(19)26-23)22-27-21(31-28-22)10-5-15-3-7-18(8-4-15)30-14-16-2-1-11-24-13-16/h1-13H,14H2,(H2,25,26,29)/b10-5+. The van der Waals surface area contributed by atoms with Crippen LogP contribution >= 0.6 is 0 Å². The number of rotatable bonds is 6. The summed E-state index contributed by atoms with van der Waals surface area (Å²) >= 11 is 0. The van der Waals surface area contributed by atoms with Gasteiger partial charge in [0.15, 0.2) is 0 Å². The number of nitrogens with zero attached hydrogens (tertiary/aromatic N) is 3. The van der Waals surface area contributed by atoms with E-state index in [9.17, 15) is 4.79 Å². The van der Waals surface area contributed by atoms with E-state index in [4.69, 9.17) is 9.26 Å². The summed E-state index contributed by atoms with van der Waals surface area (Å²) in [6.45, 7) is 0.468. The molecule has 8 heteroatoms. The molecule has 3 aromatic heterocycles. The van der Waals surface area contributed by atoms with Gasteiger partial charge in [0.05, 0.1) is 11.0 Å². The molecule has 0 aliphatic carbocycles. The Morgan fingerprint density at radius 3 is 2.71 bits per heavy atom. The fraction of sp³-hybridized carbons (Fsp3) is 0.0435. The highest BCUT2D eigenvalue weighted by molar-refractivity contribution is 5.80. The Bertz CT molecular complexity index is 1400. The Labute approximate surface area is 176 Å². The van der Waals surface area contributed by atoms with E-state index < -0.39 is 0 Å². The molecule has 5 rings (SSSR count). The average Bonchev–Trinajstić information content (AvgIpc) is 3.43. The predicted molar refractivity (Wildman–Crippen MR) is 116 cm³/mol. The zero-order valence-corrected chi connectivity index (χ0v) is 16.3.